The Morgan fingerprint density at radius 1 is 0.925 bits per heavy atom. The molecule has 3 fully saturated rings. The molecule has 1 aromatic heterocycles. The lowest BCUT2D eigenvalue weighted by molar-refractivity contribution is -0.000817. The number of carboxylic acid groups (broad SMARTS) is 1. The van der Waals surface area contributed by atoms with Crippen LogP contribution in [0.3, 0.4) is 0 Å². The second-order valence-corrected chi connectivity index (χ2v) is 14.4. The first-order valence-corrected chi connectivity index (χ1v) is 19.2. The molecule has 2 bridgehead atoms. The summed E-state index contributed by atoms with van der Waals surface area (Å²) in [4.78, 5) is 31.4. The highest BCUT2D eigenvalue weighted by atomic mass is 16.5. The number of aromatic hydroxyl groups is 1. The highest BCUT2D eigenvalue weighted by Crippen LogP contribution is 2.40. The monoisotopic (exact) mass is 726 g/mol. The van der Waals surface area contributed by atoms with E-state index in [2.05, 4.69) is 15.2 Å². The fraction of sp³-hybridized carbons (Fsp3) is 0.476. The van der Waals surface area contributed by atoms with E-state index in [1.165, 1.54) is 12.1 Å². The molecule has 4 heterocycles. The number of nitrogens with zero attached hydrogens (tertiary/aromatic N) is 2. The number of hydrogen-bond acceptors (Lipinski definition) is 8. The SMILES string of the molecule is COc1ccc(C(c2ccccc2)N(C(=O)O)[C@H]2CN3CCC2CC3)cc1OCCCCCCCCCNC[C@@H](O)c1ccc(O)c2[nH]c(=O)ccc12. The number of methoxy groups -OCH3 is 1. The lowest BCUT2D eigenvalue weighted by Gasteiger charge is -2.50. The van der Waals surface area contributed by atoms with Crippen LogP contribution >= 0.6 is 0 Å². The maximum atomic E-state index is 13.0. The molecular weight excluding hydrogens is 672 g/mol. The number of fused-ring (bicyclic) bond motifs is 4. The highest BCUT2D eigenvalue weighted by Gasteiger charge is 2.43. The van der Waals surface area contributed by atoms with Gasteiger partial charge in [0.1, 0.15) is 5.75 Å². The first-order valence-electron chi connectivity index (χ1n) is 19.2. The number of aliphatic hydroxyl groups excluding tert-OH is 1. The van der Waals surface area contributed by atoms with Gasteiger partial charge in [-0.1, -0.05) is 74.6 Å². The van der Waals surface area contributed by atoms with E-state index >= 15 is 0 Å². The molecule has 1 amide bonds. The van der Waals surface area contributed by atoms with Gasteiger partial charge in [-0.15, -0.1) is 0 Å². The second kappa shape index (κ2) is 18.4. The number of benzene rings is 3. The van der Waals surface area contributed by atoms with Gasteiger partial charge in [-0.3, -0.25) is 9.69 Å². The molecule has 0 saturated carbocycles. The average Bonchev–Trinajstić information content (AvgIpc) is 3.18. The number of phenolic OH excluding ortho intramolecular Hbond substituents is 1. The summed E-state index contributed by atoms with van der Waals surface area (Å²) < 4.78 is 12.0. The van der Waals surface area contributed by atoms with E-state index in [4.69, 9.17) is 9.47 Å². The maximum absolute atomic E-state index is 13.0. The van der Waals surface area contributed by atoms with Crippen molar-refractivity contribution in [3.05, 3.63) is 99.8 Å². The molecule has 0 radical (unpaired) electrons. The predicted octanol–water partition coefficient (Wildman–Crippen LogP) is 6.84. The summed E-state index contributed by atoms with van der Waals surface area (Å²) in [7, 11) is 1.63. The van der Waals surface area contributed by atoms with Gasteiger partial charge < -0.3 is 40.0 Å². The molecule has 7 rings (SSSR count). The van der Waals surface area contributed by atoms with Crippen molar-refractivity contribution in [1.29, 1.82) is 0 Å². The van der Waals surface area contributed by atoms with Crippen molar-refractivity contribution < 1.29 is 29.6 Å². The summed E-state index contributed by atoms with van der Waals surface area (Å²) in [6.45, 7) is 4.60. The molecule has 0 aliphatic carbocycles. The van der Waals surface area contributed by atoms with Gasteiger partial charge in [0, 0.05) is 24.5 Å². The Kier molecular flexibility index (Phi) is 13.3. The summed E-state index contributed by atoms with van der Waals surface area (Å²) in [5.41, 5.74) is 2.52. The summed E-state index contributed by atoms with van der Waals surface area (Å²) in [5.74, 6) is 1.62. The minimum absolute atomic E-state index is 0.0163. The van der Waals surface area contributed by atoms with Crippen molar-refractivity contribution in [2.75, 3.05) is 46.4 Å². The Morgan fingerprint density at radius 3 is 2.36 bits per heavy atom. The number of rotatable bonds is 19. The Morgan fingerprint density at radius 2 is 1.66 bits per heavy atom. The topological polar surface area (TPSA) is 148 Å². The van der Waals surface area contributed by atoms with E-state index in [-0.39, 0.29) is 17.4 Å². The number of piperidine rings is 3. The van der Waals surface area contributed by atoms with Crippen LogP contribution < -0.4 is 20.3 Å². The third-order valence-electron chi connectivity index (χ3n) is 11.0. The summed E-state index contributed by atoms with van der Waals surface area (Å²) >= 11 is 0. The molecule has 11 nitrogen and oxygen atoms in total. The van der Waals surface area contributed by atoms with Gasteiger partial charge in [0.15, 0.2) is 11.5 Å². The molecule has 5 N–H and O–H groups in total. The van der Waals surface area contributed by atoms with Gasteiger partial charge in [-0.05, 0) is 92.2 Å². The zero-order chi connectivity index (χ0) is 37.2. The molecule has 3 aliphatic rings. The molecule has 0 spiro atoms. The number of H-pyrrole nitrogens is 1. The normalized spacial score (nSPS) is 19.2. The number of aromatic amines is 1. The molecule has 3 atom stereocenters. The Hall–Kier alpha value is -4.58. The minimum atomic E-state index is -0.897. The summed E-state index contributed by atoms with van der Waals surface area (Å²) in [5, 5.41) is 35.4. The van der Waals surface area contributed by atoms with E-state index in [1.807, 2.05) is 48.5 Å². The van der Waals surface area contributed by atoms with E-state index in [1.54, 1.807) is 24.1 Å². The molecule has 11 heteroatoms. The minimum Gasteiger partial charge on any atom is -0.506 e. The number of pyridine rings is 1. The fourth-order valence-electron chi connectivity index (χ4n) is 8.13. The first kappa shape index (κ1) is 38.2. The number of amides is 1. The van der Waals surface area contributed by atoms with Crippen molar-refractivity contribution in [1.82, 2.24) is 20.1 Å². The van der Waals surface area contributed by atoms with E-state index in [0.29, 0.717) is 47.0 Å². The summed E-state index contributed by atoms with van der Waals surface area (Å²) in [6.07, 6.45) is 7.88. The van der Waals surface area contributed by atoms with Crippen LogP contribution in [0.1, 0.15) is 86.6 Å². The number of ether oxygens (including phenoxy) is 2. The molecular formula is C42H54N4O7. The van der Waals surface area contributed by atoms with Crippen molar-refractivity contribution >= 4 is 17.0 Å². The number of aliphatic hydroxyl groups is 1. The number of hydrogen-bond donors (Lipinski definition) is 5. The smallest absolute Gasteiger partial charge is 0.408 e. The van der Waals surface area contributed by atoms with Crippen LogP contribution in [0.2, 0.25) is 0 Å². The lowest BCUT2D eigenvalue weighted by atomic mass is 9.81. The second-order valence-electron chi connectivity index (χ2n) is 14.4. The first-order chi connectivity index (χ1) is 25.8. The largest absolute Gasteiger partial charge is 0.506 e. The zero-order valence-electron chi connectivity index (χ0n) is 30.7. The number of phenols is 1. The number of nitrogens with one attached hydrogen (secondary N) is 2. The van der Waals surface area contributed by atoms with Gasteiger partial charge in [-0.2, -0.15) is 0 Å². The average molecular weight is 727 g/mol. The maximum Gasteiger partial charge on any atom is 0.408 e. The van der Waals surface area contributed by atoms with Gasteiger partial charge in [0.05, 0.1) is 37.4 Å². The van der Waals surface area contributed by atoms with Crippen LogP contribution in [0.4, 0.5) is 4.79 Å². The van der Waals surface area contributed by atoms with Crippen LogP contribution in [0.5, 0.6) is 17.2 Å². The van der Waals surface area contributed by atoms with E-state index < -0.39 is 18.2 Å². The third kappa shape index (κ3) is 9.51. The Bertz CT molecular complexity index is 1840. The van der Waals surface area contributed by atoms with Crippen molar-refractivity contribution in [3.8, 4) is 17.2 Å². The van der Waals surface area contributed by atoms with Crippen molar-refractivity contribution in [3.63, 3.8) is 0 Å². The van der Waals surface area contributed by atoms with Gasteiger partial charge in [0.2, 0.25) is 5.56 Å². The quantitative estimate of drug-likeness (QED) is 0.0656. The molecule has 53 heavy (non-hydrogen) atoms. The van der Waals surface area contributed by atoms with Crippen molar-refractivity contribution in [2.45, 2.75) is 76.0 Å². The van der Waals surface area contributed by atoms with Gasteiger partial charge >= 0.3 is 6.09 Å². The number of aromatic nitrogens is 1. The lowest BCUT2D eigenvalue weighted by Crippen LogP contribution is -2.59. The van der Waals surface area contributed by atoms with Crippen LogP contribution in [-0.2, 0) is 0 Å². The molecule has 1 unspecified atom stereocenters. The fourth-order valence-corrected chi connectivity index (χ4v) is 8.13. The molecule has 3 aromatic carbocycles. The highest BCUT2D eigenvalue weighted by molar-refractivity contribution is 5.87. The molecule has 3 aliphatic heterocycles. The zero-order valence-corrected chi connectivity index (χ0v) is 30.7. The molecule has 284 valence electrons. The number of carbonyl (C=O) groups is 1. The van der Waals surface area contributed by atoms with E-state index in [9.17, 15) is 24.9 Å². The standard InChI is InChI=1S/C42H54N4O7/c1-52-37-18-14-31(41(30-12-8-7-9-13-30)46(42(50)51)34-28-45-23-20-29(34)21-24-45)26-38(37)53-25-11-6-4-2-3-5-10-22-43-27-36(48)32-15-17-35(47)40-33(32)16-19-39(49)44-40/h7-9,12-19,26,29,34,36,41,43,47-48H,2-6,10-11,20-25,27-28H2,1H3,(H,44,49)(H,50,51)/t34-,36+,41?/m0/s1. The predicted molar refractivity (Wildman–Crippen MR) is 206 cm³/mol. The van der Waals surface area contributed by atoms with E-state index in [0.717, 1.165) is 95.1 Å². The van der Waals surface area contributed by atoms with Crippen molar-refractivity contribution in [2.24, 2.45) is 5.92 Å². The summed E-state index contributed by atoms with van der Waals surface area (Å²) in [6, 6.07) is 21.5. The molecule has 3 saturated heterocycles. The van der Waals surface area contributed by atoms with Crippen LogP contribution in [0.25, 0.3) is 10.9 Å². The Labute approximate surface area is 311 Å². The number of unbranched alkanes of at least 4 members (excludes halogenated alkanes) is 6. The van der Waals surface area contributed by atoms with Crippen LogP contribution in [-0.4, -0.2) is 88.7 Å². The molecule has 4 aromatic rings. The Balaban J connectivity index is 0.938. The third-order valence-corrected chi connectivity index (χ3v) is 11.0. The van der Waals surface area contributed by atoms with Gasteiger partial charge in [-0.25, -0.2) is 4.79 Å². The van der Waals surface area contributed by atoms with Crippen LogP contribution in [0.15, 0.2) is 77.6 Å². The van der Waals surface area contributed by atoms with Crippen LogP contribution in [0, 0.1) is 5.92 Å². The van der Waals surface area contributed by atoms with Gasteiger partial charge in [0.25, 0.3) is 0 Å².